The molecule has 0 saturated carbocycles. The van der Waals surface area contributed by atoms with Gasteiger partial charge in [0.05, 0.1) is 7.11 Å². The second-order valence-electron chi connectivity index (χ2n) is 9.06. The molecule has 162 valence electrons. The molecule has 3 N–H and O–H groups in total. The number of aromatic hydroxyl groups is 1. The van der Waals surface area contributed by atoms with E-state index in [1.807, 2.05) is 6.07 Å². The van der Waals surface area contributed by atoms with Crippen molar-refractivity contribution in [2.75, 3.05) is 12.8 Å². The Bertz CT molecular complexity index is 938. The summed E-state index contributed by atoms with van der Waals surface area (Å²) in [6.45, 7) is 12.6. The molecule has 30 heavy (non-hydrogen) atoms. The summed E-state index contributed by atoms with van der Waals surface area (Å²) in [6.07, 6.45) is 5.03. The molecular formula is C26H35NO3. The third-order valence-corrected chi connectivity index (χ3v) is 6.27. The van der Waals surface area contributed by atoms with Gasteiger partial charge in [-0.3, -0.25) is 4.79 Å². The normalized spacial score (nSPS) is 12.4. The number of carbonyl (C=O) groups is 1. The van der Waals surface area contributed by atoms with E-state index in [1.54, 1.807) is 43.5 Å². The number of phenolic OH excluding ortho intramolecular Hbond substituents is 1. The van der Waals surface area contributed by atoms with E-state index in [4.69, 9.17) is 10.5 Å². The number of methoxy groups -OCH3 is 1. The van der Waals surface area contributed by atoms with E-state index in [9.17, 15) is 9.90 Å². The summed E-state index contributed by atoms with van der Waals surface area (Å²) in [6, 6.07) is 8.80. The van der Waals surface area contributed by atoms with Crippen LogP contribution in [0.25, 0.3) is 6.08 Å². The molecule has 0 heterocycles. The first-order valence-electron chi connectivity index (χ1n) is 10.5. The molecule has 2 rings (SSSR count). The van der Waals surface area contributed by atoms with Gasteiger partial charge in [-0.25, -0.2) is 0 Å². The van der Waals surface area contributed by atoms with Gasteiger partial charge in [0.1, 0.15) is 11.5 Å². The Kier molecular flexibility index (Phi) is 7.02. The quantitative estimate of drug-likeness (QED) is 0.307. The lowest BCUT2D eigenvalue weighted by atomic mass is 9.74. The largest absolute Gasteiger partial charge is 0.507 e. The van der Waals surface area contributed by atoms with Crippen molar-refractivity contribution in [2.45, 2.75) is 65.2 Å². The highest BCUT2D eigenvalue weighted by Gasteiger charge is 2.33. The fourth-order valence-electron chi connectivity index (χ4n) is 3.44. The maximum Gasteiger partial charge on any atom is 0.185 e. The van der Waals surface area contributed by atoms with E-state index in [2.05, 4.69) is 41.5 Å². The van der Waals surface area contributed by atoms with E-state index < -0.39 is 0 Å². The SMILES string of the molecule is CCC(C)(C)c1cc(C=CC(=O)c2ccc(N)cc2)c(OC)c(C(C)(C)CC)c1O. The van der Waals surface area contributed by atoms with Gasteiger partial charge in [0.25, 0.3) is 0 Å². The summed E-state index contributed by atoms with van der Waals surface area (Å²) in [7, 11) is 1.60. The number of hydrogen-bond donors (Lipinski definition) is 2. The van der Waals surface area contributed by atoms with Crippen LogP contribution in [0, 0.1) is 0 Å². The lowest BCUT2D eigenvalue weighted by Gasteiger charge is -2.32. The molecule has 0 fully saturated rings. The van der Waals surface area contributed by atoms with Crippen LogP contribution in [-0.4, -0.2) is 18.0 Å². The van der Waals surface area contributed by atoms with E-state index in [0.717, 1.165) is 29.5 Å². The Morgan fingerprint density at radius 3 is 2.13 bits per heavy atom. The fourth-order valence-corrected chi connectivity index (χ4v) is 3.44. The molecule has 2 aromatic rings. The van der Waals surface area contributed by atoms with Gasteiger partial charge < -0.3 is 15.6 Å². The standard InChI is InChI=1S/C26H35NO3/c1-8-25(3,4)20-16-18(12-15-21(28)17-10-13-19(27)14-11-17)24(30-7)22(23(20)29)26(5,6)9-2/h10-16,29H,8-9,27H2,1-7H3. The summed E-state index contributed by atoms with van der Waals surface area (Å²) in [5.41, 5.74) is 8.82. The second-order valence-corrected chi connectivity index (χ2v) is 9.06. The number of rotatable bonds is 8. The number of phenols is 1. The third-order valence-electron chi connectivity index (χ3n) is 6.27. The lowest BCUT2D eigenvalue weighted by Crippen LogP contribution is -2.22. The van der Waals surface area contributed by atoms with Crippen LogP contribution in [0.1, 0.15) is 81.4 Å². The summed E-state index contributed by atoms with van der Waals surface area (Å²) < 4.78 is 5.76. The summed E-state index contributed by atoms with van der Waals surface area (Å²) in [5, 5.41) is 11.3. The van der Waals surface area contributed by atoms with E-state index in [-0.39, 0.29) is 22.4 Å². The van der Waals surface area contributed by atoms with Crippen LogP contribution < -0.4 is 10.5 Å². The van der Waals surface area contributed by atoms with Crippen LogP contribution >= 0.6 is 0 Å². The Labute approximate surface area is 180 Å². The molecule has 4 nitrogen and oxygen atoms in total. The predicted octanol–water partition coefficient (Wildman–Crippen LogP) is 6.25. The number of benzene rings is 2. The first-order chi connectivity index (χ1) is 14.0. The number of ketones is 1. The summed E-state index contributed by atoms with van der Waals surface area (Å²) in [5.74, 6) is 0.779. The molecule has 0 aliphatic carbocycles. The minimum absolute atomic E-state index is 0.113. The maximum atomic E-state index is 12.7. The zero-order valence-electron chi connectivity index (χ0n) is 19.3. The van der Waals surface area contributed by atoms with Crippen molar-refractivity contribution < 1.29 is 14.6 Å². The van der Waals surface area contributed by atoms with Crippen molar-refractivity contribution in [3.05, 3.63) is 58.7 Å². The zero-order valence-corrected chi connectivity index (χ0v) is 19.3. The number of nitrogens with two attached hydrogens (primary N) is 1. The van der Waals surface area contributed by atoms with Gasteiger partial charge in [-0.2, -0.15) is 0 Å². The molecule has 0 aliphatic heterocycles. The molecule has 2 aromatic carbocycles. The second kappa shape index (κ2) is 8.95. The van der Waals surface area contributed by atoms with Crippen molar-refractivity contribution in [1.29, 1.82) is 0 Å². The molecule has 0 unspecified atom stereocenters. The summed E-state index contributed by atoms with van der Waals surface area (Å²) in [4.78, 5) is 12.7. The van der Waals surface area contributed by atoms with Crippen LogP contribution in [0.5, 0.6) is 11.5 Å². The van der Waals surface area contributed by atoms with Crippen LogP contribution in [0.2, 0.25) is 0 Å². The van der Waals surface area contributed by atoms with Crippen LogP contribution in [-0.2, 0) is 10.8 Å². The van der Waals surface area contributed by atoms with Crippen molar-refractivity contribution in [3.63, 3.8) is 0 Å². The number of ether oxygens (including phenoxy) is 1. The Hall–Kier alpha value is -2.75. The van der Waals surface area contributed by atoms with E-state index >= 15 is 0 Å². The molecular weight excluding hydrogens is 374 g/mol. The molecule has 0 bridgehead atoms. The molecule has 0 aromatic heterocycles. The highest BCUT2D eigenvalue weighted by Crippen LogP contribution is 2.48. The average Bonchev–Trinajstić information content (AvgIpc) is 2.72. The van der Waals surface area contributed by atoms with Gasteiger partial charge in [0, 0.05) is 27.9 Å². The average molecular weight is 410 g/mol. The molecule has 0 saturated heterocycles. The van der Waals surface area contributed by atoms with Crippen molar-refractivity contribution in [2.24, 2.45) is 0 Å². The Morgan fingerprint density at radius 2 is 1.63 bits per heavy atom. The number of anilines is 1. The van der Waals surface area contributed by atoms with Crippen molar-refractivity contribution in [3.8, 4) is 11.5 Å². The van der Waals surface area contributed by atoms with Gasteiger partial charge in [-0.1, -0.05) is 41.5 Å². The molecule has 0 radical (unpaired) electrons. The zero-order chi connectivity index (χ0) is 22.7. The lowest BCUT2D eigenvalue weighted by molar-refractivity contribution is 0.104. The minimum Gasteiger partial charge on any atom is -0.507 e. The monoisotopic (exact) mass is 409 g/mol. The molecule has 4 heteroatoms. The van der Waals surface area contributed by atoms with Gasteiger partial charge in [-0.15, -0.1) is 0 Å². The number of allylic oxidation sites excluding steroid dienone is 1. The summed E-state index contributed by atoms with van der Waals surface area (Å²) >= 11 is 0. The molecule has 0 amide bonds. The first kappa shape index (κ1) is 23.5. The van der Waals surface area contributed by atoms with Gasteiger partial charge in [0.15, 0.2) is 5.78 Å². The van der Waals surface area contributed by atoms with Gasteiger partial charge in [0.2, 0.25) is 0 Å². The number of nitrogen functional groups attached to an aromatic ring is 1. The van der Waals surface area contributed by atoms with Crippen molar-refractivity contribution >= 4 is 17.5 Å². The molecule has 0 spiro atoms. The van der Waals surface area contributed by atoms with E-state index in [0.29, 0.717) is 17.0 Å². The van der Waals surface area contributed by atoms with Gasteiger partial charge in [-0.05, 0) is 66.2 Å². The third kappa shape index (κ3) is 4.69. The fraction of sp³-hybridized carbons (Fsp3) is 0.423. The van der Waals surface area contributed by atoms with Crippen molar-refractivity contribution in [1.82, 2.24) is 0 Å². The Morgan fingerprint density at radius 1 is 1.07 bits per heavy atom. The number of carbonyl (C=O) groups excluding carboxylic acids is 1. The van der Waals surface area contributed by atoms with Crippen LogP contribution in [0.3, 0.4) is 0 Å². The molecule has 0 aliphatic rings. The highest BCUT2D eigenvalue weighted by molar-refractivity contribution is 6.07. The van der Waals surface area contributed by atoms with E-state index in [1.165, 1.54) is 0 Å². The topological polar surface area (TPSA) is 72.6 Å². The smallest absolute Gasteiger partial charge is 0.185 e. The Balaban J connectivity index is 2.68. The number of hydrogen-bond acceptors (Lipinski definition) is 4. The highest BCUT2D eigenvalue weighted by atomic mass is 16.5. The van der Waals surface area contributed by atoms with Crippen LogP contribution in [0.4, 0.5) is 5.69 Å². The van der Waals surface area contributed by atoms with Crippen LogP contribution in [0.15, 0.2) is 36.4 Å². The van der Waals surface area contributed by atoms with Gasteiger partial charge >= 0.3 is 0 Å². The predicted molar refractivity (Wildman–Crippen MR) is 126 cm³/mol. The first-order valence-corrected chi connectivity index (χ1v) is 10.5. The maximum absolute atomic E-state index is 12.7. The minimum atomic E-state index is -0.293. The molecule has 0 atom stereocenters.